The van der Waals surface area contributed by atoms with Crippen molar-refractivity contribution in [3.8, 4) is 0 Å². The lowest BCUT2D eigenvalue weighted by Gasteiger charge is -2.37. The van der Waals surface area contributed by atoms with Crippen molar-refractivity contribution in [2.24, 2.45) is 0 Å². The maximum atomic E-state index is 12.4. The highest BCUT2D eigenvalue weighted by Crippen LogP contribution is 2.29. The summed E-state index contributed by atoms with van der Waals surface area (Å²) in [7, 11) is 0. The molecule has 0 bridgehead atoms. The maximum Gasteiger partial charge on any atom is 0.255 e. The van der Waals surface area contributed by atoms with Crippen LogP contribution in [0.3, 0.4) is 0 Å². The fourth-order valence-corrected chi connectivity index (χ4v) is 2.86. The van der Waals surface area contributed by atoms with E-state index in [9.17, 15) is 4.79 Å². The number of benzene rings is 1. The molecule has 0 radical (unpaired) electrons. The molecule has 1 aromatic heterocycles. The maximum absolute atomic E-state index is 12.4. The van der Waals surface area contributed by atoms with Crippen molar-refractivity contribution in [2.75, 3.05) is 19.3 Å². The zero-order valence-electron chi connectivity index (χ0n) is 11.4. The second-order valence-electron chi connectivity index (χ2n) is 4.79. The molecular formula is C14H15N3O2S. The minimum Gasteiger partial charge on any atom is -0.339 e. The van der Waals surface area contributed by atoms with E-state index in [1.165, 1.54) is 0 Å². The van der Waals surface area contributed by atoms with E-state index in [-0.39, 0.29) is 11.8 Å². The Morgan fingerprint density at radius 3 is 2.80 bits per heavy atom. The van der Waals surface area contributed by atoms with Gasteiger partial charge in [-0.1, -0.05) is 17.3 Å². The number of thioether (sulfide) groups is 1. The summed E-state index contributed by atoms with van der Waals surface area (Å²) in [6, 6.07) is 7.68. The Hall–Kier alpha value is -1.82. The standard InChI is InChI=1S/C14H15N3O2S/c1-9-15-13(19-16-9)10-7-17(8-10)14(18)11-5-3-4-6-12(11)20-2/h3-6,10H,7-8H2,1-2H3. The first-order valence-corrected chi connectivity index (χ1v) is 7.64. The number of aryl methyl sites for hydroxylation is 1. The zero-order valence-corrected chi connectivity index (χ0v) is 12.2. The van der Waals surface area contributed by atoms with Crippen molar-refractivity contribution in [1.82, 2.24) is 15.0 Å². The van der Waals surface area contributed by atoms with Crippen LogP contribution in [0.2, 0.25) is 0 Å². The van der Waals surface area contributed by atoms with Gasteiger partial charge in [-0.05, 0) is 25.3 Å². The van der Waals surface area contributed by atoms with Crippen molar-refractivity contribution in [1.29, 1.82) is 0 Å². The number of aromatic nitrogens is 2. The third-order valence-corrected chi connectivity index (χ3v) is 4.19. The first kappa shape index (κ1) is 13.2. The van der Waals surface area contributed by atoms with Crippen LogP contribution in [0.1, 0.15) is 28.0 Å². The fraction of sp³-hybridized carbons (Fsp3) is 0.357. The van der Waals surface area contributed by atoms with Crippen molar-refractivity contribution in [3.63, 3.8) is 0 Å². The van der Waals surface area contributed by atoms with Gasteiger partial charge in [-0.15, -0.1) is 11.8 Å². The third-order valence-electron chi connectivity index (χ3n) is 3.40. The number of carbonyl (C=O) groups is 1. The second kappa shape index (κ2) is 5.28. The van der Waals surface area contributed by atoms with Crippen LogP contribution in [0.15, 0.2) is 33.7 Å². The molecule has 104 valence electrons. The van der Waals surface area contributed by atoms with Crippen molar-refractivity contribution < 1.29 is 9.32 Å². The average Bonchev–Trinajstić information content (AvgIpc) is 2.83. The molecule has 0 spiro atoms. The molecule has 1 fully saturated rings. The number of hydrogen-bond donors (Lipinski definition) is 0. The van der Waals surface area contributed by atoms with E-state index in [1.54, 1.807) is 18.7 Å². The molecule has 0 atom stereocenters. The highest BCUT2D eigenvalue weighted by Gasteiger charge is 2.36. The molecule has 1 saturated heterocycles. The van der Waals surface area contributed by atoms with Gasteiger partial charge in [-0.3, -0.25) is 4.79 Å². The molecule has 1 aromatic carbocycles. The number of likely N-dealkylation sites (tertiary alicyclic amines) is 1. The molecule has 5 nitrogen and oxygen atoms in total. The number of rotatable bonds is 3. The van der Waals surface area contributed by atoms with Gasteiger partial charge in [-0.2, -0.15) is 4.98 Å². The predicted molar refractivity (Wildman–Crippen MR) is 75.9 cm³/mol. The number of carbonyl (C=O) groups excluding carboxylic acids is 1. The summed E-state index contributed by atoms with van der Waals surface area (Å²) in [6.45, 7) is 3.08. The second-order valence-corrected chi connectivity index (χ2v) is 5.64. The van der Waals surface area contributed by atoms with Crippen LogP contribution >= 0.6 is 11.8 Å². The molecule has 20 heavy (non-hydrogen) atoms. The summed E-state index contributed by atoms with van der Waals surface area (Å²) in [5, 5.41) is 3.78. The van der Waals surface area contributed by atoms with Gasteiger partial charge in [0.15, 0.2) is 5.82 Å². The molecule has 0 N–H and O–H groups in total. The Morgan fingerprint density at radius 2 is 2.15 bits per heavy atom. The molecule has 0 saturated carbocycles. The van der Waals surface area contributed by atoms with Gasteiger partial charge in [0.2, 0.25) is 5.89 Å². The molecule has 2 aromatic rings. The van der Waals surface area contributed by atoms with Crippen molar-refractivity contribution in [2.45, 2.75) is 17.7 Å². The topological polar surface area (TPSA) is 59.2 Å². The predicted octanol–water partition coefficient (Wildman–Crippen LogP) is 2.34. The summed E-state index contributed by atoms with van der Waals surface area (Å²) < 4.78 is 5.14. The third kappa shape index (κ3) is 2.31. The molecule has 6 heteroatoms. The van der Waals surface area contributed by atoms with Gasteiger partial charge in [0.1, 0.15) is 0 Å². The molecule has 0 unspecified atom stereocenters. The molecular weight excluding hydrogens is 274 g/mol. The lowest BCUT2D eigenvalue weighted by atomic mass is 9.99. The molecule has 1 aliphatic heterocycles. The summed E-state index contributed by atoms with van der Waals surface area (Å²) in [6.07, 6.45) is 1.98. The van der Waals surface area contributed by atoms with Crippen LogP contribution in [0, 0.1) is 6.92 Å². The van der Waals surface area contributed by atoms with E-state index in [0.29, 0.717) is 24.8 Å². The van der Waals surface area contributed by atoms with Crippen LogP contribution in [0.25, 0.3) is 0 Å². The lowest BCUT2D eigenvalue weighted by Crippen LogP contribution is -2.48. The van der Waals surface area contributed by atoms with Gasteiger partial charge in [-0.25, -0.2) is 0 Å². The monoisotopic (exact) mass is 289 g/mol. The Bertz CT molecular complexity index is 635. The SMILES string of the molecule is CSc1ccccc1C(=O)N1CC(c2nc(C)no2)C1. The Kier molecular flexibility index (Phi) is 3.48. The Labute approximate surface area is 121 Å². The highest BCUT2D eigenvalue weighted by molar-refractivity contribution is 7.98. The van der Waals surface area contributed by atoms with Crippen LogP contribution in [0.5, 0.6) is 0 Å². The van der Waals surface area contributed by atoms with E-state index in [2.05, 4.69) is 10.1 Å². The number of amides is 1. The quantitative estimate of drug-likeness (QED) is 0.812. The molecule has 1 aliphatic rings. The van der Waals surface area contributed by atoms with Crippen LogP contribution in [0.4, 0.5) is 0 Å². The van der Waals surface area contributed by atoms with Crippen LogP contribution in [-0.4, -0.2) is 40.3 Å². The van der Waals surface area contributed by atoms with Gasteiger partial charge in [0, 0.05) is 18.0 Å². The van der Waals surface area contributed by atoms with Gasteiger partial charge < -0.3 is 9.42 Å². The van der Waals surface area contributed by atoms with E-state index in [4.69, 9.17) is 4.52 Å². The molecule has 2 heterocycles. The normalized spacial score (nSPS) is 15.2. The smallest absolute Gasteiger partial charge is 0.255 e. The summed E-state index contributed by atoms with van der Waals surface area (Å²) in [5.41, 5.74) is 0.764. The van der Waals surface area contributed by atoms with E-state index in [1.807, 2.05) is 35.4 Å². The van der Waals surface area contributed by atoms with Gasteiger partial charge in [0.05, 0.1) is 11.5 Å². The van der Waals surface area contributed by atoms with Gasteiger partial charge in [0.25, 0.3) is 5.91 Å². The minimum absolute atomic E-state index is 0.0717. The number of hydrogen-bond acceptors (Lipinski definition) is 5. The molecule has 0 aliphatic carbocycles. The van der Waals surface area contributed by atoms with Crippen LogP contribution < -0.4 is 0 Å². The molecule has 3 rings (SSSR count). The zero-order chi connectivity index (χ0) is 14.1. The van der Waals surface area contributed by atoms with Gasteiger partial charge >= 0.3 is 0 Å². The van der Waals surface area contributed by atoms with Crippen LogP contribution in [-0.2, 0) is 0 Å². The minimum atomic E-state index is 0.0717. The average molecular weight is 289 g/mol. The van der Waals surface area contributed by atoms with E-state index in [0.717, 1.165) is 10.5 Å². The largest absolute Gasteiger partial charge is 0.339 e. The summed E-state index contributed by atoms with van der Waals surface area (Å²) >= 11 is 1.59. The number of nitrogens with zero attached hydrogens (tertiary/aromatic N) is 3. The Balaban J connectivity index is 1.69. The fourth-order valence-electron chi connectivity index (χ4n) is 2.27. The summed E-state index contributed by atoms with van der Waals surface area (Å²) in [4.78, 5) is 19.5. The van der Waals surface area contributed by atoms with Crippen molar-refractivity contribution >= 4 is 17.7 Å². The molecule has 1 amide bonds. The summed E-state index contributed by atoms with van der Waals surface area (Å²) in [5.74, 6) is 1.51. The highest BCUT2D eigenvalue weighted by atomic mass is 32.2. The first-order chi connectivity index (χ1) is 9.69. The van der Waals surface area contributed by atoms with Crippen molar-refractivity contribution in [3.05, 3.63) is 41.5 Å². The lowest BCUT2D eigenvalue weighted by molar-refractivity contribution is 0.0565. The van der Waals surface area contributed by atoms with E-state index >= 15 is 0 Å². The Morgan fingerprint density at radius 1 is 1.40 bits per heavy atom. The van der Waals surface area contributed by atoms with E-state index < -0.39 is 0 Å². The first-order valence-electron chi connectivity index (χ1n) is 6.41.